The molecule has 2 rings (SSSR count). The van der Waals surface area contributed by atoms with Crippen molar-refractivity contribution in [2.75, 3.05) is 13.2 Å². The van der Waals surface area contributed by atoms with Gasteiger partial charge < -0.3 is 19.7 Å². The number of hydrogen-bond donors (Lipinski definition) is 2. The molecule has 2 atom stereocenters. The summed E-state index contributed by atoms with van der Waals surface area (Å²) in [6, 6.07) is 0. The van der Waals surface area contributed by atoms with Gasteiger partial charge in [-0.1, -0.05) is 0 Å². The molecule has 0 aromatic rings. The minimum atomic E-state index is -0.687. The number of hydrogen-bond acceptors (Lipinski definition) is 4. The van der Waals surface area contributed by atoms with Gasteiger partial charge in [0.1, 0.15) is 0 Å². The van der Waals surface area contributed by atoms with Crippen molar-refractivity contribution >= 4 is 0 Å². The lowest BCUT2D eigenvalue weighted by molar-refractivity contribution is -0.157. The quantitative estimate of drug-likeness (QED) is 0.489. The minimum absolute atomic E-state index is 0.397. The van der Waals surface area contributed by atoms with Crippen molar-refractivity contribution in [1.29, 1.82) is 0 Å². The van der Waals surface area contributed by atoms with Gasteiger partial charge in [0.15, 0.2) is 5.79 Å². The van der Waals surface area contributed by atoms with Crippen LogP contribution in [0.2, 0.25) is 0 Å². The molecule has 4 heteroatoms. The molecule has 2 aliphatic rings. The van der Waals surface area contributed by atoms with Gasteiger partial charge >= 0.3 is 0 Å². The fourth-order valence-corrected chi connectivity index (χ4v) is 1.73. The number of rotatable bonds is 0. The molecule has 2 N–H and O–H groups in total. The van der Waals surface area contributed by atoms with Crippen LogP contribution < -0.4 is 0 Å². The highest BCUT2D eigenvalue weighted by molar-refractivity contribution is 4.91. The van der Waals surface area contributed by atoms with Crippen molar-refractivity contribution in [2.45, 2.75) is 30.8 Å². The van der Waals surface area contributed by atoms with Gasteiger partial charge in [0.25, 0.3) is 0 Å². The van der Waals surface area contributed by atoms with Crippen LogP contribution in [0, 0.1) is 0 Å². The molecule has 2 fully saturated rings. The number of aliphatic hydroxyl groups excluding tert-OH is 2. The Morgan fingerprint density at radius 3 is 1.91 bits per heavy atom. The summed E-state index contributed by atoms with van der Waals surface area (Å²) in [5.41, 5.74) is 0. The highest BCUT2D eigenvalue weighted by Crippen LogP contribution is 2.37. The SMILES string of the molecule is OC1CC2(CC1O)OCCO2. The molecule has 1 saturated heterocycles. The maximum atomic E-state index is 9.21. The van der Waals surface area contributed by atoms with Crippen LogP contribution in [0.15, 0.2) is 0 Å². The molecule has 4 nitrogen and oxygen atoms in total. The van der Waals surface area contributed by atoms with Gasteiger partial charge in [-0.15, -0.1) is 0 Å². The second-order valence-corrected chi connectivity index (χ2v) is 3.15. The van der Waals surface area contributed by atoms with E-state index in [1.54, 1.807) is 0 Å². The van der Waals surface area contributed by atoms with E-state index in [4.69, 9.17) is 9.47 Å². The molecule has 0 bridgehead atoms. The van der Waals surface area contributed by atoms with Gasteiger partial charge in [0.2, 0.25) is 0 Å². The van der Waals surface area contributed by atoms with Crippen LogP contribution >= 0.6 is 0 Å². The molecule has 1 heterocycles. The van der Waals surface area contributed by atoms with E-state index in [-0.39, 0.29) is 0 Å². The van der Waals surface area contributed by atoms with Gasteiger partial charge in [-0.3, -0.25) is 0 Å². The zero-order chi connectivity index (χ0) is 7.90. The molecule has 0 radical (unpaired) electrons. The largest absolute Gasteiger partial charge is 0.390 e. The van der Waals surface area contributed by atoms with Crippen molar-refractivity contribution in [3.8, 4) is 0 Å². The van der Waals surface area contributed by atoms with Crippen LogP contribution in [0.3, 0.4) is 0 Å². The van der Waals surface area contributed by atoms with Crippen LogP contribution in [0.25, 0.3) is 0 Å². The summed E-state index contributed by atoms with van der Waals surface area (Å²) in [6.07, 6.45) is -0.580. The molecular weight excluding hydrogens is 148 g/mol. The summed E-state index contributed by atoms with van der Waals surface area (Å²) in [5, 5.41) is 18.4. The third-order valence-corrected chi connectivity index (χ3v) is 2.30. The maximum absolute atomic E-state index is 9.21. The monoisotopic (exact) mass is 160 g/mol. The van der Waals surface area contributed by atoms with Gasteiger partial charge in [-0.05, 0) is 0 Å². The van der Waals surface area contributed by atoms with Crippen LogP contribution in [-0.4, -0.2) is 41.4 Å². The van der Waals surface area contributed by atoms with Crippen molar-refractivity contribution in [1.82, 2.24) is 0 Å². The smallest absolute Gasteiger partial charge is 0.173 e. The fraction of sp³-hybridized carbons (Fsp3) is 1.00. The minimum Gasteiger partial charge on any atom is -0.390 e. The van der Waals surface area contributed by atoms with Crippen LogP contribution in [0.1, 0.15) is 12.8 Å². The Morgan fingerprint density at radius 1 is 1.00 bits per heavy atom. The summed E-state index contributed by atoms with van der Waals surface area (Å²) >= 11 is 0. The van der Waals surface area contributed by atoms with Crippen molar-refractivity contribution in [3.63, 3.8) is 0 Å². The van der Waals surface area contributed by atoms with E-state index in [0.29, 0.717) is 26.1 Å². The second-order valence-electron chi connectivity index (χ2n) is 3.15. The fourth-order valence-electron chi connectivity index (χ4n) is 1.73. The van der Waals surface area contributed by atoms with Crippen molar-refractivity contribution in [3.05, 3.63) is 0 Å². The molecular formula is C7H12O4. The lowest BCUT2D eigenvalue weighted by Gasteiger charge is -2.20. The van der Waals surface area contributed by atoms with E-state index in [2.05, 4.69) is 0 Å². The predicted molar refractivity (Wildman–Crippen MR) is 35.9 cm³/mol. The summed E-state index contributed by atoms with van der Waals surface area (Å²) < 4.78 is 10.6. The second kappa shape index (κ2) is 2.42. The molecule has 11 heavy (non-hydrogen) atoms. The van der Waals surface area contributed by atoms with Gasteiger partial charge in [0.05, 0.1) is 25.4 Å². The molecule has 0 amide bonds. The summed E-state index contributed by atoms with van der Waals surface area (Å²) in [7, 11) is 0. The predicted octanol–water partition coefficient (Wildman–Crippen LogP) is -0.755. The molecule has 1 spiro atoms. The lowest BCUT2D eigenvalue weighted by atomic mass is 10.2. The third kappa shape index (κ3) is 1.16. The number of aliphatic hydroxyl groups is 2. The molecule has 1 aliphatic carbocycles. The van der Waals surface area contributed by atoms with Crippen LogP contribution in [0.5, 0.6) is 0 Å². The lowest BCUT2D eigenvalue weighted by Crippen LogP contribution is -2.26. The van der Waals surface area contributed by atoms with Crippen LogP contribution in [-0.2, 0) is 9.47 Å². The Labute approximate surface area is 64.7 Å². The normalized spacial score (nSPS) is 42.0. The van der Waals surface area contributed by atoms with E-state index in [9.17, 15) is 10.2 Å². The first-order valence-electron chi connectivity index (χ1n) is 3.86. The Balaban J connectivity index is 2.06. The zero-order valence-corrected chi connectivity index (χ0v) is 6.19. The standard InChI is InChI=1S/C7H12O4/c8-5-3-7(4-6(5)9)10-1-2-11-7/h5-6,8-9H,1-4H2. The summed E-state index contributed by atoms with van der Waals surface area (Å²) in [6.45, 7) is 1.14. The molecule has 0 aromatic heterocycles. The van der Waals surface area contributed by atoms with Gasteiger partial charge in [-0.2, -0.15) is 0 Å². The van der Waals surface area contributed by atoms with E-state index in [0.717, 1.165) is 0 Å². The topological polar surface area (TPSA) is 58.9 Å². The highest BCUT2D eigenvalue weighted by atomic mass is 16.7. The van der Waals surface area contributed by atoms with Gasteiger partial charge in [0, 0.05) is 12.8 Å². The first kappa shape index (κ1) is 7.49. The zero-order valence-electron chi connectivity index (χ0n) is 6.19. The van der Waals surface area contributed by atoms with Crippen LogP contribution in [0.4, 0.5) is 0 Å². The molecule has 2 unspecified atom stereocenters. The summed E-state index contributed by atoms with van der Waals surface area (Å²) in [5.74, 6) is -0.668. The Morgan fingerprint density at radius 2 is 1.45 bits per heavy atom. The Kier molecular flexibility index (Phi) is 1.64. The first-order chi connectivity index (χ1) is 5.22. The Hall–Kier alpha value is -0.160. The van der Waals surface area contributed by atoms with Gasteiger partial charge in [-0.25, -0.2) is 0 Å². The van der Waals surface area contributed by atoms with Crippen molar-refractivity contribution in [2.24, 2.45) is 0 Å². The molecule has 1 aliphatic heterocycles. The molecule has 0 aromatic carbocycles. The van der Waals surface area contributed by atoms with E-state index in [1.807, 2.05) is 0 Å². The maximum Gasteiger partial charge on any atom is 0.173 e. The van der Waals surface area contributed by atoms with E-state index >= 15 is 0 Å². The Bertz CT molecular complexity index is 141. The third-order valence-electron chi connectivity index (χ3n) is 2.30. The first-order valence-corrected chi connectivity index (χ1v) is 3.86. The van der Waals surface area contributed by atoms with E-state index in [1.165, 1.54) is 0 Å². The van der Waals surface area contributed by atoms with Crippen molar-refractivity contribution < 1.29 is 19.7 Å². The van der Waals surface area contributed by atoms with E-state index < -0.39 is 18.0 Å². The number of ether oxygens (including phenoxy) is 2. The highest BCUT2D eigenvalue weighted by Gasteiger charge is 2.48. The molecule has 1 saturated carbocycles. The molecule has 64 valence electrons. The average molecular weight is 160 g/mol. The summed E-state index contributed by atoms with van der Waals surface area (Å²) in [4.78, 5) is 0. The average Bonchev–Trinajstić information content (AvgIpc) is 2.46.